The standard InChI is InChI=1S/C9H8N4O/c10-9(11-6-12-13-9)8(14)7-4-2-1-3-5-7/h1-6H,10H2. The van der Waals surface area contributed by atoms with Crippen molar-refractivity contribution in [2.45, 2.75) is 5.79 Å². The van der Waals surface area contributed by atoms with Crippen molar-refractivity contribution in [2.24, 2.45) is 21.0 Å². The molecule has 0 bridgehead atoms. The lowest BCUT2D eigenvalue weighted by Gasteiger charge is -2.12. The Bertz CT molecular complexity index is 398. The highest BCUT2D eigenvalue weighted by atomic mass is 16.1. The number of rotatable bonds is 2. The van der Waals surface area contributed by atoms with Crippen LogP contribution in [-0.2, 0) is 0 Å². The number of hydrogen-bond donors (Lipinski definition) is 1. The molecule has 0 fully saturated rings. The van der Waals surface area contributed by atoms with Crippen LogP contribution in [-0.4, -0.2) is 17.9 Å². The summed E-state index contributed by atoms with van der Waals surface area (Å²) in [5.74, 6) is -1.91. The summed E-state index contributed by atoms with van der Waals surface area (Å²) in [5.41, 5.74) is 6.11. The average molecular weight is 188 g/mol. The van der Waals surface area contributed by atoms with Crippen LogP contribution in [0, 0.1) is 0 Å². The van der Waals surface area contributed by atoms with Gasteiger partial charge in [-0.2, -0.15) is 0 Å². The van der Waals surface area contributed by atoms with Gasteiger partial charge in [-0.25, -0.2) is 4.99 Å². The molecule has 1 aliphatic heterocycles. The van der Waals surface area contributed by atoms with Crippen LogP contribution in [0.3, 0.4) is 0 Å². The molecule has 5 heteroatoms. The zero-order valence-corrected chi connectivity index (χ0v) is 7.29. The molecule has 0 saturated heterocycles. The van der Waals surface area contributed by atoms with Gasteiger partial charge in [0.05, 0.1) is 0 Å². The molecule has 2 rings (SSSR count). The van der Waals surface area contributed by atoms with E-state index < -0.39 is 5.79 Å². The second-order valence-electron chi connectivity index (χ2n) is 2.88. The van der Waals surface area contributed by atoms with Crippen LogP contribution in [0.25, 0.3) is 0 Å². The summed E-state index contributed by atoms with van der Waals surface area (Å²) in [6, 6.07) is 8.67. The zero-order chi connectivity index (χ0) is 10.0. The predicted molar refractivity (Wildman–Crippen MR) is 51.0 cm³/mol. The minimum Gasteiger partial charge on any atom is -0.287 e. The fourth-order valence-electron chi connectivity index (χ4n) is 1.16. The highest BCUT2D eigenvalue weighted by Gasteiger charge is 2.35. The molecular weight excluding hydrogens is 180 g/mol. The Morgan fingerprint density at radius 3 is 2.57 bits per heavy atom. The first-order chi connectivity index (χ1) is 6.72. The minimum atomic E-state index is -1.55. The van der Waals surface area contributed by atoms with Gasteiger partial charge in [0.2, 0.25) is 5.78 Å². The van der Waals surface area contributed by atoms with Crippen molar-refractivity contribution in [1.29, 1.82) is 0 Å². The van der Waals surface area contributed by atoms with E-state index in [-0.39, 0.29) is 5.78 Å². The number of hydrogen-bond acceptors (Lipinski definition) is 5. The van der Waals surface area contributed by atoms with E-state index in [2.05, 4.69) is 15.2 Å². The van der Waals surface area contributed by atoms with Gasteiger partial charge in [0, 0.05) is 5.56 Å². The van der Waals surface area contributed by atoms with Crippen molar-refractivity contribution >= 4 is 12.1 Å². The van der Waals surface area contributed by atoms with E-state index >= 15 is 0 Å². The maximum atomic E-state index is 11.8. The molecule has 1 aromatic carbocycles. The lowest BCUT2D eigenvalue weighted by molar-refractivity contribution is 0.0900. The highest BCUT2D eigenvalue weighted by Crippen LogP contribution is 2.17. The third-order valence-corrected chi connectivity index (χ3v) is 1.89. The van der Waals surface area contributed by atoms with Crippen molar-refractivity contribution in [3.63, 3.8) is 0 Å². The number of aliphatic imine (C=N–C) groups is 1. The second kappa shape index (κ2) is 3.12. The maximum absolute atomic E-state index is 11.8. The summed E-state index contributed by atoms with van der Waals surface area (Å²) in [4.78, 5) is 15.5. The molecule has 5 nitrogen and oxygen atoms in total. The summed E-state index contributed by atoms with van der Waals surface area (Å²) in [5, 5.41) is 7.05. The van der Waals surface area contributed by atoms with E-state index in [1.54, 1.807) is 24.3 Å². The van der Waals surface area contributed by atoms with Gasteiger partial charge in [-0.05, 0) is 0 Å². The number of azo groups is 1. The molecular formula is C9H8N4O. The molecule has 0 aliphatic carbocycles. The Hall–Kier alpha value is -1.88. The van der Waals surface area contributed by atoms with Crippen molar-refractivity contribution in [3.05, 3.63) is 35.9 Å². The third-order valence-electron chi connectivity index (χ3n) is 1.89. The van der Waals surface area contributed by atoms with Crippen LogP contribution in [0.1, 0.15) is 10.4 Å². The van der Waals surface area contributed by atoms with Gasteiger partial charge in [0.15, 0.2) is 0 Å². The van der Waals surface area contributed by atoms with Crippen molar-refractivity contribution in [3.8, 4) is 0 Å². The van der Waals surface area contributed by atoms with Gasteiger partial charge in [-0.15, -0.1) is 10.2 Å². The largest absolute Gasteiger partial charge is 0.287 e. The van der Waals surface area contributed by atoms with Gasteiger partial charge >= 0.3 is 0 Å². The number of carbonyl (C=O) groups excluding carboxylic acids is 1. The minimum absolute atomic E-state index is 0.351. The number of ketones is 1. The number of Topliss-reactive ketones (excluding diaryl/α,β-unsaturated/α-hetero) is 1. The second-order valence-corrected chi connectivity index (χ2v) is 2.88. The molecule has 70 valence electrons. The maximum Gasteiger partial charge on any atom is 0.287 e. The molecule has 0 saturated carbocycles. The number of carbonyl (C=O) groups is 1. The van der Waals surface area contributed by atoms with Crippen LogP contribution >= 0.6 is 0 Å². The molecule has 14 heavy (non-hydrogen) atoms. The lowest BCUT2D eigenvalue weighted by atomic mass is 10.1. The van der Waals surface area contributed by atoms with Crippen LogP contribution in [0.4, 0.5) is 0 Å². The molecule has 1 heterocycles. The molecule has 0 aromatic heterocycles. The number of benzene rings is 1. The first-order valence-corrected chi connectivity index (χ1v) is 4.07. The van der Waals surface area contributed by atoms with E-state index in [0.717, 1.165) is 0 Å². The van der Waals surface area contributed by atoms with Crippen molar-refractivity contribution < 1.29 is 4.79 Å². The van der Waals surface area contributed by atoms with Crippen molar-refractivity contribution in [1.82, 2.24) is 0 Å². The van der Waals surface area contributed by atoms with Crippen molar-refractivity contribution in [2.75, 3.05) is 0 Å². The smallest absolute Gasteiger partial charge is 0.287 e. The monoisotopic (exact) mass is 188 g/mol. The average Bonchev–Trinajstić information content (AvgIpc) is 2.67. The van der Waals surface area contributed by atoms with E-state index in [1.807, 2.05) is 6.07 Å². The van der Waals surface area contributed by atoms with E-state index in [4.69, 9.17) is 5.73 Å². The number of nitrogens with zero attached hydrogens (tertiary/aromatic N) is 3. The number of nitrogens with two attached hydrogens (primary N) is 1. The molecule has 1 atom stereocenters. The van der Waals surface area contributed by atoms with E-state index in [9.17, 15) is 4.79 Å². The summed E-state index contributed by atoms with van der Waals surface area (Å²) < 4.78 is 0. The first-order valence-electron chi connectivity index (χ1n) is 4.07. The Balaban J connectivity index is 2.34. The summed E-state index contributed by atoms with van der Waals surface area (Å²) in [6.07, 6.45) is 1.18. The SMILES string of the molecule is NC1(C(=O)c2ccccc2)N=CN=N1. The Kier molecular flexibility index (Phi) is 1.94. The van der Waals surface area contributed by atoms with Crippen LogP contribution < -0.4 is 5.73 Å². The normalized spacial score (nSPS) is 24.1. The molecule has 2 N–H and O–H groups in total. The molecule has 0 amide bonds. The summed E-state index contributed by atoms with van der Waals surface area (Å²) in [7, 11) is 0. The van der Waals surface area contributed by atoms with Crippen LogP contribution in [0.5, 0.6) is 0 Å². The Morgan fingerprint density at radius 1 is 1.29 bits per heavy atom. The summed E-state index contributed by atoms with van der Waals surface area (Å²) in [6.45, 7) is 0. The predicted octanol–water partition coefficient (Wildman–Crippen LogP) is 0.976. The lowest BCUT2D eigenvalue weighted by Crippen LogP contribution is -2.42. The van der Waals surface area contributed by atoms with Gasteiger partial charge in [0.1, 0.15) is 6.34 Å². The molecule has 0 spiro atoms. The molecule has 1 aliphatic rings. The highest BCUT2D eigenvalue weighted by molar-refractivity contribution is 6.03. The van der Waals surface area contributed by atoms with Gasteiger partial charge in [0.25, 0.3) is 5.79 Å². The van der Waals surface area contributed by atoms with Gasteiger partial charge in [-0.1, -0.05) is 30.3 Å². The third kappa shape index (κ3) is 1.33. The van der Waals surface area contributed by atoms with E-state index in [0.29, 0.717) is 5.56 Å². The van der Waals surface area contributed by atoms with Gasteiger partial charge in [-0.3, -0.25) is 10.5 Å². The molecule has 0 radical (unpaired) electrons. The topological polar surface area (TPSA) is 80.2 Å². The molecule has 1 unspecified atom stereocenters. The molecule has 1 aromatic rings. The zero-order valence-electron chi connectivity index (χ0n) is 7.29. The fraction of sp³-hybridized carbons (Fsp3) is 0.111. The fourth-order valence-corrected chi connectivity index (χ4v) is 1.16. The summed E-state index contributed by atoms with van der Waals surface area (Å²) >= 11 is 0. The van der Waals surface area contributed by atoms with E-state index in [1.165, 1.54) is 6.34 Å². The van der Waals surface area contributed by atoms with Gasteiger partial charge < -0.3 is 0 Å². The van der Waals surface area contributed by atoms with Crippen LogP contribution in [0.15, 0.2) is 45.6 Å². The Morgan fingerprint density at radius 2 is 2.00 bits per heavy atom. The Labute approximate surface area is 80.4 Å². The quantitative estimate of drug-likeness (QED) is 0.702. The van der Waals surface area contributed by atoms with Crippen LogP contribution in [0.2, 0.25) is 0 Å². The first kappa shape index (κ1) is 8.71.